The van der Waals surface area contributed by atoms with Gasteiger partial charge in [0.25, 0.3) is 0 Å². The van der Waals surface area contributed by atoms with E-state index < -0.39 is 0 Å². The highest BCUT2D eigenvalue weighted by Gasteiger charge is 2.22. The fourth-order valence-corrected chi connectivity index (χ4v) is 3.04. The van der Waals surface area contributed by atoms with Crippen molar-refractivity contribution in [3.8, 4) is 0 Å². The van der Waals surface area contributed by atoms with Gasteiger partial charge in [-0.2, -0.15) is 0 Å². The van der Waals surface area contributed by atoms with E-state index in [1.165, 1.54) is 70.9 Å². The normalized spacial score (nSPS) is 20.6. The smallest absolute Gasteiger partial charge is 0.00951 e. The van der Waals surface area contributed by atoms with Gasteiger partial charge in [-0.25, -0.2) is 0 Å². The van der Waals surface area contributed by atoms with Crippen molar-refractivity contribution in [3.63, 3.8) is 0 Å². The molecule has 0 aromatic heterocycles. The van der Waals surface area contributed by atoms with E-state index in [2.05, 4.69) is 25.7 Å². The molecule has 17 heavy (non-hydrogen) atoms. The van der Waals surface area contributed by atoms with E-state index >= 15 is 0 Å². The minimum atomic E-state index is 0.893. The lowest BCUT2D eigenvalue weighted by Gasteiger charge is -2.37. The number of nitrogens with zero attached hydrogens (tertiary/aromatic N) is 1. The average Bonchev–Trinajstić information content (AvgIpc) is 2.34. The van der Waals surface area contributed by atoms with Crippen molar-refractivity contribution in [1.82, 2.24) is 4.90 Å². The van der Waals surface area contributed by atoms with E-state index in [4.69, 9.17) is 0 Å². The minimum absolute atomic E-state index is 0.893. The molecule has 0 aromatic rings. The molecule has 0 aromatic carbocycles. The first-order valence-electron chi connectivity index (χ1n) is 8.02. The lowest BCUT2D eigenvalue weighted by atomic mass is 9.95. The fraction of sp³-hybridized carbons (Fsp3) is 1.00. The number of hydrogen-bond acceptors (Lipinski definition) is 1. The Morgan fingerprint density at radius 3 is 2.24 bits per heavy atom. The molecular weight excluding hydrogens is 206 g/mol. The van der Waals surface area contributed by atoms with Gasteiger partial charge in [0.05, 0.1) is 0 Å². The molecule has 1 heterocycles. The quantitative estimate of drug-likeness (QED) is 0.547. The van der Waals surface area contributed by atoms with E-state index in [0.717, 1.165) is 12.0 Å². The molecule has 1 aliphatic rings. The van der Waals surface area contributed by atoms with Gasteiger partial charge in [-0.3, -0.25) is 0 Å². The SMILES string of the molecule is CCCCCC[C@H](CCC)N1CCC(C)CC1. The maximum atomic E-state index is 2.79. The Morgan fingerprint density at radius 1 is 0.941 bits per heavy atom. The fourth-order valence-electron chi connectivity index (χ4n) is 3.04. The third-order valence-electron chi connectivity index (χ3n) is 4.35. The molecule has 0 amide bonds. The summed E-state index contributed by atoms with van der Waals surface area (Å²) in [5, 5.41) is 0. The number of likely N-dealkylation sites (tertiary alicyclic amines) is 1. The zero-order valence-electron chi connectivity index (χ0n) is 12.4. The van der Waals surface area contributed by atoms with Crippen LogP contribution in [0.2, 0.25) is 0 Å². The van der Waals surface area contributed by atoms with Crippen molar-refractivity contribution >= 4 is 0 Å². The van der Waals surface area contributed by atoms with E-state index in [-0.39, 0.29) is 0 Å². The lowest BCUT2D eigenvalue weighted by molar-refractivity contribution is 0.122. The first-order valence-corrected chi connectivity index (χ1v) is 8.02. The summed E-state index contributed by atoms with van der Waals surface area (Å²) in [5.41, 5.74) is 0. The van der Waals surface area contributed by atoms with Gasteiger partial charge in [0, 0.05) is 6.04 Å². The molecule has 0 spiro atoms. The van der Waals surface area contributed by atoms with E-state index in [0.29, 0.717) is 0 Å². The van der Waals surface area contributed by atoms with Crippen molar-refractivity contribution in [3.05, 3.63) is 0 Å². The largest absolute Gasteiger partial charge is 0.300 e. The molecule has 0 bridgehead atoms. The van der Waals surface area contributed by atoms with Crippen LogP contribution in [0.15, 0.2) is 0 Å². The van der Waals surface area contributed by atoms with Crippen LogP contribution in [-0.4, -0.2) is 24.0 Å². The molecule has 1 saturated heterocycles. The number of rotatable bonds is 8. The van der Waals surface area contributed by atoms with Crippen molar-refractivity contribution in [2.75, 3.05) is 13.1 Å². The van der Waals surface area contributed by atoms with Crippen molar-refractivity contribution in [2.45, 2.75) is 84.6 Å². The highest BCUT2D eigenvalue weighted by molar-refractivity contribution is 4.77. The van der Waals surface area contributed by atoms with Gasteiger partial charge in [-0.05, 0) is 44.7 Å². The summed E-state index contributed by atoms with van der Waals surface area (Å²) in [7, 11) is 0. The monoisotopic (exact) mass is 239 g/mol. The van der Waals surface area contributed by atoms with Crippen molar-refractivity contribution in [1.29, 1.82) is 0 Å². The summed E-state index contributed by atoms with van der Waals surface area (Å²) in [6.07, 6.45) is 12.7. The highest BCUT2D eigenvalue weighted by atomic mass is 15.2. The van der Waals surface area contributed by atoms with Crippen molar-refractivity contribution in [2.24, 2.45) is 5.92 Å². The zero-order valence-corrected chi connectivity index (χ0v) is 12.4. The molecule has 1 atom stereocenters. The molecule has 0 aliphatic carbocycles. The van der Waals surface area contributed by atoms with E-state index in [1.807, 2.05) is 0 Å². The van der Waals surface area contributed by atoms with Gasteiger partial charge in [-0.1, -0.05) is 52.9 Å². The summed E-state index contributed by atoms with van der Waals surface area (Å²) in [6.45, 7) is 9.77. The van der Waals surface area contributed by atoms with Crippen LogP contribution in [0.1, 0.15) is 78.6 Å². The van der Waals surface area contributed by atoms with Gasteiger partial charge < -0.3 is 4.90 Å². The van der Waals surface area contributed by atoms with Crippen LogP contribution < -0.4 is 0 Å². The van der Waals surface area contributed by atoms with Gasteiger partial charge >= 0.3 is 0 Å². The maximum absolute atomic E-state index is 2.79. The van der Waals surface area contributed by atoms with Gasteiger partial charge in [-0.15, -0.1) is 0 Å². The molecule has 1 nitrogen and oxygen atoms in total. The molecule has 0 radical (unpaired) electrons. The van der Waals surface area contributed by atoms with E-state index in [1.54, 1.807) is 0 Å². The second-order valence-corrected chi connectivity index (χ2v) is 6.01. The molecule has 0 N–H and O–H groups in total. The molecule has 0 saturated carbocycles. The van der Waals surface area contributed by atoms with Crippen LogP contribution in [0.5, 0.6) is 0 Å². The zero-order chi connectivity index (χ0) is 12.5. The molecular formula is C16H33N. The number of piperidine rings is 1. The molecule has 1 rings (SSSR count). The Hall–Kier alpha value is -0.0400. The molecule has 1 aliphatic heterocycles. The van der Waals surface area contributed by atoms with Crippen LogP contribution in [0.4, 0.5) is 0 Å². The van der Waals surface area contributed by atoms with Crippen molar-refractivity contribution < 1.29 is 0 Å². The molecule has 1 heteroatoms. The Morgan fingerprint density at radius 2 is 1.65 bits per heavy atom. The van der Waals surface area contributed by atoms with Crippen LogP contribution in [0, 0.1) is 5.92 Å². The number of unbranched alkanes of at least 4 members (excludes halogenated alkanes) is 3. The first-order chi connectivity index (χ1) is 8.27. The average molecular weight is 239 g/mol. The second kappa shape index (κ2) is 8.97. The molecule has 0 unspecified atom stereocenters. The standard InChI is InChI=1S/C16H33N/c1-4-6-7-8-10-16(9-5-2)17-13-11-15(3)12-14-17/h15-16H,4-14H2,1-3H3/t16-/m0/s1. The van der Waals surface area contributed by atoms with Crippen LogP contribution in [-0.2, 0) is 0 Å². The second-order valence-electron chi connectivity index (χ2n) is 6.01. The summed E-state index contributed by atoms with van der Waals surface area (Å²) in [6, 6.07) is 0.893. The third kappa shape index (κ3) is 5.90. The molecule has 102 valence electrons. The van der Waals surface area contributed by atoms with Crippen LogP contribution in [0.3, 0.4) is 0 Å². The summed E-state index contributed by atoms with van der Waals surface area (Å²) >= 11 is 0. The summed E-state index contributed by atoms with van der Waals surface area (Å²) < 4.78 is 0. The number of hydrogen-bond donors (Lipinski definition) is 0. The highest BCUT2D eigenvalue weighted by Crippen LogP contribution is 2.23. The minimum Gasteiger partial charge on any atom is -0.300 e. The summed E-state index contributed by atoms with van der Waals surface area (Å²) in [4.78, 5) is 2.79. The Kier molecular flexibility index (Phi) is 7.92. The predicted molar refractivity (Wildman–Crippen MR) is 77.4 cm³/mol. The maximum Gasteiger partial charge on any atom is 0.00951 e. The lowest BCUT2D eigenvalue weighted by Crippen LogP contribution is -2.41. The summed E-state index contributed by atoms with van der Waals surface area (Å²) in [5.74, 6) is 0.966. The van der Waals surface area contributed by atoms with Crippen LogP contribution >= 0.6 is 0 Å². The first kappa shape index (κ1) is 15.0. The topological polar surface area (TPSA) is 3.24 Å². The Balaban J connectivity index is 2.26. The van der Waals surface area contributed by atoms with E-state index in [9.17, 15) is 0 Å². The van der Waals surface area contributed by atoms with Gasteiger partial charge in [0.1, 0.15) is 0 Å². The third-order valence-corrected chi connectivity index (χ3v) is 4.35. The van der Waals surface area contributed by atoms with Crippen LogP contribution in [0.25, 0.3) is 0 Å². The van der Waals surface area contributed by atoms with Gasteiger partial charge in [0.2, 0.25) is 0 Å². The predicted octanol–water partition coefficient (Wildman–Crippen LogP) is 4.86. The Bertz CT molecular complexity index is 170. The Labute approximate surface area is 109 Å². The van der Waals surface area contributed by atoms with Gasteiger partial charge in [0.15, 0.2) is 0 Å². The molecule has 1 fully saturated rings.